The van der Waals surface area contributed by atoms with Crippen LogP contribution in [0.1, 0.15) is 40.5 Å². The van der Waals surface area contributed by atoms with Gasteiger partial charge >= 0.3 is 5.97 Å². The van der Waals surface area contributed by atoms with Crippen LogP contribution in [0.3, 0.4) is 0 Å². The van der Waals surface area contributed by atoms with Crippen LogP contribution in [-0.4, -0.2) is 35.6 Å². The van der Waals surface area contributed by atoms with Gasteiger partial charge in [-0.2, -0.15) is 0 Å². The Morgan fingerprint density at radius 3 is 2.44 bits per heavy atom. The zero-order chi connectivity index (χ0) is 13.9. The van der Waals surface area contributed by atoms with Crippen LogP contribution < -0.4 is 10.6 Å². The van der Waals surface area contributed by atoms with Gasteiger partial charge < -0.3 is 15.7 Å². The van der Waals surface area contributed by atoms with Gasteiger partial charge in [-0.1, -0.05) is 20.8 Å². The maximum Gasteiger partial charge on any atom is 0.326 e. The molecule has 1 saturated heterocycles. The van der Waals surface area contributed by atoms with Crippen molar-refractivity contribution in [1.82, 2.24) is 10.6 Å². The van der Waals surface area contributed by atoms with Crippen molar-refractivity contribution in [2.75, 3.05) is 6.54 Å². The Hall–Kier alpha value is -1.10. The lowest BCUT2D eigenvalue weighted by molar-refractivity contribution is -0.145. The summed E-state index contributed by atoms with van der Waals surface area (Å²) in [5, 5.41) is 15.1. The summed E-state index contributed by atoms with van der Waals surface area (Å²) < 4.78 is 0. The molecule has 0 saturated carbocycles. The maximum atomic E-state index is 12.1. The first kappa shape index (κ1) is 15.0. The van der Waals surface area contributed by atoms with Crippen LogP contribution in [0, 0.1) is 11.3 Å². The first-order valence-electron chi connectivity index (χ1n) is 6.48. The minimum Gasteiger partial charge on any atom is -0.480 e. The second-order valence-electron chi connectivity index (χ2n) is 6.22. The normalized spacial score (nSPS) is 26.4. The smallest absolute Gasteiger partial charge is 0.326 e. The van der Waals surface area contributed by atoms with E-state index in [9.17, 15) is 14.7 Å². The van der Waals surface area contributed by atoms with Crippen molar-refractivity contribution < 1.29 is 14.7 Å². The second-order valence-corrected chi connectivity index (χ2v) is 6.22. The lowest BCUT2D eigenvalue weighted by Gasteiger charge is -2.32. The third-order valence-electron chi connectivity index (χ3n) is 3.39. The molecule has 0 aromatic carbocycles. The molecule has 5 nitrogen and oxygen atoms in total. The van der Waals surface area contributed by atoms with Crippen LogP contribution >= 0.6 is 0 Å². The van der Waals surface area contributed by atoms with E-state index in [1.807, 2.05) is 27.7 Å². The van der Waals surface area contributed by atoms with Gasteiger partial charge in [0.1, 0.15) is 6.04 Å². The minimum absolute atomic E-state index is 0.0783. The van der Waals surface area contributed by atoms with E-state index in [0.717, 1.165) is 19.4 Å². The van der Waals surface area contributed by atoms with Gasteiger partial charge in [-0.3, -0.25) is 4.79 Å². The summed E-state index contributed by atoms with van der Waals surface area (Å²) in [6, 6.07) is -0.525. The van der Waals surface area contributed by atoms with E-state index in [2.05, 4.69) is 10.6 Å². The topological polar surface area (TPSA) is 78.4 Å². The van der Waals surface area contributed by atoms with Crippen LogP contribution in [0.4, 0.5) is 0 Å². The van der Waals surface area contributed by atoms with Crippen molar-refractivity contribution in [3.8, 4) is 0 Å². The fourth-order valence-electron chi connectivity index (χ4n) is 2.28. The molecule has 1 aliphatic heterocycles. The van der Waals surface area contributed by atoms with E-state index in [4.69, 9.17) is 0 Å². The monoisotopic (exact) mass is 256 g/mol. The highest BCUT2D eigenvalue weighted by molar-refractivity contribution is 5.85. The number of carbonyl (C=O) groups is 2. The molecule has 5 heteroatoms. The maximum absolute atomic E-state index is 12.1. The average Bonchev–Trinajstić information content (AvgIpc) is 2.23. The van der Waals surface area contributed by atoms with Gasteiger partial charge in [-0.15, -0.1) is 0 Å². The van der Waals surface area contributed by atoms with Crippen LogP contribution in [0.5, 0.6) is 0 Å². The quantitative estimate of drug-likeness (QED) is 0.703. The summed E-state index contributed by atoms with van der Waals surface area (Å²) in [4.78, 5) is 23.3. The molecular formula is C13H24N2O3. The number of piperidine rings is 1. The molecule has 1 amide bonds. The Morgan fingerprint density at radius 2 is 2.00 bits per heavy atom. The Kier molecular flexibility index (Phi) is 4.73. The molecule has 1 fully saturated rings. The van der Waals surface area contributed by atoms with Crippen molar-refractivity contribution in [2.45, 2.75) is 52.6 Å². The molecule has 0 spiro atoms. The van der Waals surface area contributed by atoms with Crippen LogP contribution in [0.2, 0.25) is 0 Å². The Labute approximate surface area is 108 Å². The molecule has 2 unspecified atom stereocenters. The Balaban J connectivity index is 2.64. The number of nitrogens with one attached hydrogen (secondary N) is 2. The lowest BCUT2D eigenvalue weighted by Crippen LogP contribution is -2.52. The van der Waals surface area contributed by atoms with Crippen molar-refractivity contribution in [2.24, 2.45) is 11.3 Å². The molecule has 0 aromatic rings. The number of rotatable bonds is 3. The van der Waals surface area contributed by atoms with Crippen LogP contribution in [-0.2, 0) is 9.59 Å². The first-order valence-corrected chi connectivity index (χ1v) is 6.48. The van der Waals surface area contributed by atoms with Gasteiger partial charge in [-0.25, -0.2) is 4.79 Å². The highest BCUT2D eigenvalue weighted by Crippen LogP contribution is 2.22. The largest absolute Gasteiger partial charge is 0.480 e. The zero-order valence-corrected chi connectivity index (χ0v) is 11.6. The molecule has 18 heavy (non-hydrogen) atoms. The second kappa shape index (κ2) is 5.69. The van der Waals surface area contributed by atoms with E-state index >= 15 is 0 Å². The van der Waals surface area contributed by atoms with Gasteiger partial charge in [-0.05, 0) is 31.7 Å². The number of carboxylic acid groups (broad SMARTS) is 1. The number of aliphatic carboxylic acids is 1. The molecule has 1 aliphatic rings. The van der Waals surface area contributed by atoms with Gasteiger partial charge in [0.05, 0.1) is 0 Å². The van der Waals surface area contributed by atoms with E-state index in [1.165, 1.54) is 0 Å². The van der Waals surface area contributed by atoms with Crippen LogP contribution in [0.15, 0.2) is 0 Å². The third-order valence-corrected chi connectivity index (χ3v) is 3.39. The predicted octanol–water partition coefficient (Wildman–Crippen LogP) is 0.990. The highest BCUT2D eigenvalue weighted by Gasteiger charge is 2.35. The molecule has 1 rings (SSSR count). The predicted molar refractivity (Wildman–Crippen MR) is 69.2 cm³/mol. The molecule has 1 heterocycles. The van der Waals surface area contributed by atoms with Gasteiger partial charge in [0, 0.05) is 12.0 Å². The van der Waals surface area contributed by atoms with Crippen molar-refractivity contribution >= 4 is 11.9 Å². The number of carbonyl (C=O) groups excluding carboxylic acids is 1. The fourth-order valence-corrected chi connectivity index (χ4v) is 2.28. The first-order chi connectivity index (χ1) is 8.21. The number of amides is 1. The summed E-state index contributed by atoms with van der Waals surface area (Å²) >= 11 is 0. The van der Waals surface area contributed by atoms with E-state index in [1.54, 1.807) is 0 Å². The number of hydrogen-bond acceptors (Lipinski definition) is 3. The summed E-state index contributed by atoms with van der Waals surface area (Å²) in [5.41, 5.74) is -0.486. The molecule has 3 N–H and O–H groups in total. The number of hydrogen-bond donors (Lipinski definition) is 3. The van der Waals surface area contributed by atoms with Crippen molar-refractivity contribution in [3.05, 3.63) is 0 Å². The summed E-state index contributed by atoms with van der Waals surface area (Å²) in [5.74, 6) is -1.19. The van der Waals surface area contributed by atoms with Gasteiger partial charge in [0.25, 0.3) is 0 Å². The zero-order valence-electron chi connectivity index (χ0n) is 11.6. The summed E-state index contributed by atoms with van der Waals surface area (Å²) in [6.45, 7) is 8.30. The van der Waals surface area contributed by atoms with Gasteiger partial charge in [0.15, 0.2) is 0 Å². The van der Waals surface area contributed by atoms with Gasteiger partial charge in [0.2, 0.25) is 5.91 Å². The minimum atomic E-state index is -0.974. The molecule has 104 valence electrons. The average molecular weight is 256 g/mol. The Bertz CT molecular complexity index is 323. The summed E-state index contributed by atoms with van der Waals surface area (Å²) in [6.07, 6.45) is 1.54. The van der Waals surface area contributed by atoms with E-state index < -0.39 is 17.4 Å². The Morgan fingerprint density at radius 1 is 1.39 bits per heavy atom. The summed E-state index contributed by atoms with van der Waals surface area (Å²) in [7, 11) is 0. The molecule has 0 radical (unpaired) electrons. The molecule has 0 aromatic heterocycles. The molecule has 0 aliphatic carbocycles. The number of carboxylic acids is 1. The molecular weight excluding hydrogens is 232 g/mol. The van der Waals surface area contributed by atoms with Crippen molar-refractivity contribution in [1.29, 1.82) is 0 Å². The van der Waals surface area contributed by atoms with E-state index in [0.29, 0.717) is 6.04 Å². The molecule has 3 atom stereocenters. The SMILES string of the molecule is CC1CC(C(=O)N[C@@H](C(=O)O)C(C)(C)C)CCN1. The highest BCUT2D eigenvalue weighted by atomic mass is 16.4. The third kappa shape index (κ3) is 3.98. The lowest BCUT2D eigenvalue weighted by atomic mass is 9.85. The van der Waals surface area contributed by atoms with Crippen LogP contribution in [0.25, 0.3) is 0 Å². The van der Waals surface area contributed by atoms with E-state index in [-0.39, 0.29) is 11.8 Å². The molecule has 0 bridgehead atoms. The van der Waals surface area contributed by atoms with Crippen molar-refractivity contribution in [3.63, 3.8) is 0 Å². The fraction of sp³-hybridized carbons (Fsp3) is 0.846. The standard InChI is InChI=1S/C13H24N2O3/c1-8-7-9(5-6-14-8)11(16)15-10(12(17)18)13(2,3)4/h8-10,14H,5-7H2,1-4H3,(H,15,16)(H,17,18)/t8?,9?,10-/m0/s1.